The van der Waals surface area contributed by atoms with Crippen molar-refractivity contribution in [2.45, 2.75) is 45.6 Å². The maximum absolute atomic E-state index is 6.31. The minimum atomic E-state index is 0.220. The fraction of sp³-hybridized carbons (Fsp3) is 0.571. The number of rotatable bonds is 3. The van der Waals surface area contributed by atoms with E-state index >= 15 is 0 Å². The molecule has 0 amide bonds. The van der Waals surface area contributed by atoms with Crippen molar-refractivity contribution in [3.05, 3.63) is 33.3 Å². The van der Waals surface area contributed by atoms with Crippen LogP contribution in [-0.4, -0.2) is 0 Å². The Kier molecular flexibility index (Phi) is 3.70. The summed E-state index contributed by atoms with van der Waals surface area (Å²) in [6, 6.07) is 4.64. The van der Waals surface area contributed by atoms with Crippen LogP contribution in [0.25, 0.3) is 0 Å². The van der Waals surface area contributed by atoms with E-state index in [1.54, 1.807) is 0 Å². The summed E-state index contributed by atoms with van der Waals surface area (Å²) in [5, 5.41) is 0. The zero-order valence-corrected chi connectivity index (χ0v) is 11.7. The normalized spacial score (nSPS) is 18.2. The van der Waals surface area contributed by atoms with Gasteiger partial charge in [0, 0.05) is 10.5 Å². The molecule has 1 saturated carbocycles. The molecule has 1 nitrogen and oxygen atoms in total. The fourth-order valence-electron chi connectivity index (χ4n) is 2.42. The Morgan fingerprint density at radius 2 is 2.00 bits per heavy atom. The molecule has 1 fully saturated rings. The quantitative estimate of drug-likeness (QED) is 0.881. The van der Waals surface area contributed by atoms with Crippen molar-refractivity contribution in [1.29, 1.82) is 0 Å². The number of halogens is 1. The van der Waals surface area contributed by atoms with Crippen molar-refractivity contribution in [1.82, 2.24) is 0 Å². The number of aryl methyl sites for hydroxylation is 2. The minimum absolute atomic E-state index is 0.220. The van der Waals surface area contributed by atoms with Crippen LogP contribution in [0.2, 0.25) is 0 Å². The second kappa shape index (κ2) is 4.89. The highest BCUT2D eigenvalue weighted by Crippen LogP contribution is 2.35. The molecule has 1 atom stereocenters. The number of hydrogen-bond donors (Lipinski definition) is 1. The van der Waals surface area contributed by atoms with Crippen LogP contribution in [0.1, 0.15) is 48.4 Å². The van der Waals surface area contributed by atoms with Crippen LogP contribution in [0, 0.1) is 19.8 Å². The van der Waals surface area contributed by atoms with Gasteiger partial charge in [0.25, 0.3) is 0 Å². The van der Waals surface area contributed by atoms with Gasteiger partial charge in [-0.15, -0.1) is 0 Å². The number of nitrogens with two attached hydrogens (primary N) is 1. The SMILES string of the molecule is Cc1cc(C(N)CC2CCC2)c(C)cc1Br. The molecular formula is C14H20BrN. The summed E-state index contributed by atoms with van der Waals surface area (Å²) in [5.74, 6) is 0.873. The fourth-order valence-corrected chi connectivity index (χ4v) is 2.88. The first kappa shape index (κ1) is 12.1. The lowest BCUT2D eigenvalue weighted by molar-refractivity contribution is 0.277. The maximum atomic E-state index is 6.31. The van der Waals surface area contributed by atoms with E-state index in [1.807, 2.05) is 0 Å². The molecule has 0 saturated heterocycles. The van der Waals surface area contributed by atoms with Crippen LogP contribution < -0.4 is 5.73 Å². The molecule has 1 aliphatic rings. The standard InChI is InChI=1S/C14H20BrN/c1-9-7-13(15)10(2)6-12(9)14(16)8-11-4-3-5-11/h6-7,11,14H,3-5,8,16H2,1-2H3. The van der Waals surface area contributed by atoms with Crippen LogP contribution in [0.5, 0.6) is 0 Å². The van der Waals surface area contributed by atoms with Gasteiger partial charge in [-0.25, -0.2) is 0 Å². The molecule has 0 bridgehead atoms. The summed E-state index contributed by atoms with van der Waals surface area (Å²) in [7, 11) is 0. The molecular weight excluding hydrogens is 262 g/mol. The molecule has 1 aliphatic carbocycles. The molecule has 0 aliphatic heterocycles. The molecule has 0 radical (unpaired) electrons. The molecule has 1 aromatic carbocycles. The van der Waals surface area contributed by atoms with E-state index in [0.29, 0.717) is 0 Å². The Bertz CT molecular complexity index is 383. The van der Waals surface area contributed by atoms with Gasteiger partial charge in [-0.2, -0.15) is 0 Å². The molecule has 2 N–H and O–H groups in total. The molecule has 2 heteroatoms. The van der Waals surface area contributed by atoms with Crippen LogP contribution in [-0.2, 0) is 0 Å². The zero-order chi connectivity index (χ0) is 11.7. The first-order chi connectivity index (χ1) is 7.58. The molecule has 16 heavy (non-hydrogen) atoms. The van der Waals surface area contributed by atoms with E-state index in [0.717, 1.165) is 12.3 Å². The summed E-state index contributed by atoms with van der Waals surface area (Å²) >= 11 is 3.56. The van der Waals surface area contributed by atoms with Crippen LogP contribution >= 0.6 is 15.9 Å². The molecule has 88 valence electrons. The Labute approximate surface area is 107 Å². The van der Waals surface area contributed by atoms with E-state index in [4.69, 9.17) is 5.73 Å². The molecule has 0 aromatic heterocycles. The maximum Gasteiger partial charge on any atom is 0.0300 e. The zero-order valence-electron chi connectivity index (χ0n) is 10.1. The van der Waals surface area contributed by atoms with E-state index < -0.39 is 0 Å². The van der Waals surface area contributed by atoms with Gasteiger partial charge in [0.15, 0.2) is 0 Å². The Hall–Kier alpha value is -0.340. The van der Waals surface area contributed by atoms with Gasteiger partial charge in [0.2, 0.25) is 0 Å². The summed E-state index contributed by atoms with van der Waals surface area (Å²) in [4.78, 5) is 0. The van der Waals surface area contributed by atoms with Crippen molar-refractivity contribution in [3.8, 4) is 0 Å². The lowest BCUT2D eigenvalue weighted by Crippen LogP contribution is -2.20. The van der Waals surface area contributed by atoms with Crippen molar-refractivity contribution < 1.29 is 0 Å². The van der Waals surface area contributed by atoms with Gasteiger partial charge in [-0.3, -0.25) is 0 Å². The predicted molar refractivity (Wildman–Crippen MR) is 72.5 cm³/mol. The number of benzene rings is 1. The highest BCUT2D eigenvalue weighted by atomic mass is 79.9. The van der Waals surface area contributed by atoms with E-state index in [1.165, 1.54) is 40.4 Å². The molecule has 1 aromatic rings. The van der Waals surface area contributed by atoms with Gasteiger partial charge < -0.3 is 5.73 Å². The third kappa shape index (κ3) is 2.49. The van der Waals surface area contributed by atoms with E-state index in [9.17, 15) is 0 Å². The molecule has 1 unspecified atom stereocenters. The monoisotopic (exact) mass is 281 g/mol. The van der Waals surface area contributed by atoms with Gasteiger partial charge in [0.1, 0.15) is 0 Å². The highest BCUT2D eigenvalue weighted by Gasteiger charge is 2.21. The van der Waals surface area contributed by atoms with Crippen molar-refractivity contribution in [3.63, 3.8) is 0 Å². The second-order valence-electron chi connectivity index (χ2n) is 5.10. The topological polar surface area (TPSA) is 26.0 Å². The Balaban J connectivity index is 2.14. The van der Waals surface area contributed by atoms with Gasteiger partial charge >= 0.3 is 0 Å². The average molecular weight is 282 g/mol. The summed E-state index contributed by atoms with van der Waals surface area (Å²) in [6.07, 6.45) is 5.31. The highest BCUT2D eigenvalue weighted by molar-refractivity contribution is 9.10. The van der Waals surface area contributed by atoms with E-state index in [-0.39, 0.29) is 6.04 Å². The average Bonchev–Trinajstić information content (AvgIpc) is 2.17. The van der Waals surface area contributed by atoms with Gasteiger partial charge in [-0.1, -0.05) is 41.3 Å². The number of hydrogen-bond acceptors (Lipinski definition) is 1. The van der Waals surface area contributed by atoms with Crippen LogP contribution in [0.3, 0.4) is 0 Å². The summed E-state index contributed by atoms with van der Waals surface area (Å²) < 4.78 is 1.18. The summed E-state index contributed by atoms with van der Waals surface area (Å²) in [6.45, 7) is 4.28. The Morgan fingerprint density at radius 1 is 1.31 bits per heavy atom. The Morgan fingerprint density at radius 3 is 2.56 bits per heavy atom. The lowest BCUT2D eigenvalue weighted by atomic mass is 9.79. The minimum Gasteiger partial charge on any atom is -0.324 e. The molecule has 2 rings (SSSR count). The van der Waals surface area contributed by atoms with Crippen molar-refractivity contribution in [2.75, 3.05) is 0 Å². The predicted octanol–water partition coefficient (Wildman–Crippen LogP) is 4.26. The largest absolute Gasteiger partial charge is 0.324 e. The third-order valence-electron chi connectivity index (χ3n) is 3.76. The summed E-state index contributed by atoms with van der Waals surface area (Å²) in [5.41, 5.74) is 10.2. The second-order valence-corrected chi connectivity index (χ2v) is 5.95. The molecule has 0 spiro atoms. The van der Waals surface area contributed by atoms with Crippen molar-refractivity contribution in [2.24, 2.45) is 11.7 Å². The van der Waals surface area contributed by atoms with Gasteiger partial charge in [0.05, 0.1) is 0 Å². The third-order valence-corrected chi connectivity index (χ3v) is 4.61. The van der Waals surface area contributed by atoms with Crippen LogP contribution in [0.15, 0.2) is 16.6 Å². The van der Waals surface area contributed by atoms with Gasteiger partial charge in [-0.05, 0) is 48.9 Å². The molecule has 0 heterocycles. The van der Waals surface area contributed by atoms with Crippen LogP contribution in [0.4, 0.5) is 0 Å². The first-order valence-electron chi connectivity index (χ1n) is 6.10. The smallest absolute Gasteiger partial charge is 0.0300 e. The van der Waals surface area contributed by atoms with Crippen molar-refractivity contribution >= 4 is 15.9 Å². The lowest BCUT2D eigenvalue weighted by Gasteiger charge is -2.29. The van der Waals surface area contributed by atoms with E-state index in [2.05, 4.69) is 41.9 Å². The first-order valence-corrected chi connectivity index (χ1v) is 6.89.